The van der Waals surface area contributed by atoms with E-state index in [2.05, 4.69) is 5.32 Å². The molecule has 1 saturated carbocycles. The fourth-order valence-corrected chi connectivity index (χ4v) is 6.61. The van der Waals surface area contributed by atoms with Crippen molar-refractivity contribution >= 4 is 21.7 Å². The van der Waals surface area contributed by atoms with Crippen molar-refractivity contribution < 1.29 is 31.2 Å². The number of amides is 2. The average Bonchev–Trinajstić information content (AvgIpc) is 3.18. The first kappa shape index (κ1) is 29.1. The third-order valence-corrected chi connectivity index (χ3v) is 9.72. The Morgan fingerprint density at radius 3 is 2.26 bits per heavy atom. The van der Waals surface area contributed by atoms with E-state index in [1.54, 1.807) is 42.2 Å². The van der Waals surface area contributed by atoms with E-state index in [0.29, 0.717) is 30.5 Å². The normalized spacial score (nSPS) is 21.8. The van der Waals surface area contributed by atoms with Crippen LogP contribution in [-0.4, -0.2) is 43.6 Å². The Balaban J connectivity index is 1.43. The van der Waals surface area contributed by atoms with Crippen molar-refractivity contribution in [2.24, 2.45) is 17.8 Å². The number of nitrogens with zero attached hydrogens (tertiary/aromatic N) is 1. The van der Waals surface area contributed by atoms with Crippen molar-refractivity contribution in [3.05, 3.63) is 64.7 Å². The van der Waals surface area contributed by atoms with Crippen LogP contribution in [-0.2, 0) is 16.4 Å². The number of rotatable bonds is 8. The fourth-order valence-electron chi connectivity index (χ4n) is 5.72. The van der Waals surface area contributed by atoms with Crippen LogP contribution < -0.4 is 5.32 Å². The molecule has 2 aromatic carbocycles. The molecule has 212 valence electrons. The largest absolute Gasteiger partial charge is 0.391 e. The monoisotopic (exact) mass is 564 g/mol. The van der Waals surface area contributed by atoms with Crippen molar-refractivity contribution in [1.82, 2.24) is 10.2 Å². The zero-order valence-corrected chi connectivity index (χ0v) is 23.2. The molecule has 1 fully saturated rings. The van der Waals surface area contributed by atoms with E-state index < -0.39 is 21.9 Å². The van der Waals surface area contributed by atoms with E-state index in [-0.39, 0.29) is 59.7 Å². The SMILES string of the molecule is CCS(=O)(=O)c1ccc(CNC(=O)c2ccc3c(c2)C(=O)N(C[C@H]2CC[C@H](C(F)(F)F)CC2)[C@H]3C(C)C)cc1. The van der Waals surface area contributed by atoms with E-state index in [9.17, 15) is 31.2 Å². The summed E-state index contributed by atoms with van der Waals surface area (Å²) in [5.74, 6) is -1.69. The number of carbonyl (C=O) groups excluding carboxylic acids is 2. The zero-order chi connectivity index (χ0) is 28.5. The Bertz CT molecular complexity index is 1320. The fraction of sp³-hybridized carbons (Fsp3) is 0.517. The Morgan fingerprint density at radius 2 is 1.69 bits per heavy atom. The molecule has 4 rings (SSSR count). The second kappa shape index (κ2) is 11.3. The Morgan fingerprint density at radius 1 is 1.05 bits per heavy atom. The first-order valence-electron chi connectivity index (χ1n) is 13.4. The van der Waals surface area contributed by atoms with E-state index in [1.807, 2.05) is 13.8 Å². The lowest BCUT2D eigenvalue weighted by molar-refractivity contribution is -0.184. The van der Waals surface area contributed by atoms with Gasteiger partial charge in [0.05, 0.1) is 22.6 Å². The molecule has 2 amide bonds. The lowest BCUT2D eigenvalue weighted by Gasteiger charge is -2.35. The van der Waals surface area contributed by atoms with E-state index in [1.165, 1.54) is 12.1 Å². The summed E-state index contributed by atoms with van der Waals surface area (Å²) in [6, 6.07) is 11.2. The van der Waals surface area contributed by atoms with Crippen LogP contribution >= 0.6 is 0 Å². The molecule has 6 nitrogen and oxygen atoms in total. The number of hydrogen-bond donors (Lipinski definition) is 1. The second-order valence-electron chi connectivity index (χ2n) is 10.9. The number of benzene rings is 2. The topological polar surface area (TPSA) is 83.5 Å². The van der Waals surface area contributed by atoms with Crippen LogP contribution in [0.4, 0.5) is 13.2 Å². The van der Waals surface area contributed by atoms with Gasteiger partial charge in [-0.1, -0.05) is 39.0 Å². The zero-order valence-electron chi connectivity index (χ0n) is 22.4. The number of nitrogens with one attached hydrogen (secondary N) is 1. The molecule has 2 aliphatic rings. The molecule has 39 heavy (non-hydrogen) atoms. The van der Waals surface area contributed by atoms with Gasteiger partial charge in [0, 0.05) is 24.2 Å². The predicted octanol–water partition coefficient (Wildman–Crippen LogP) is 5.93. The maximum Gasteiger partial charge on any atom is 0.391 e. The van der Waals surface area contributed by atoms with Gasteiger partial charge in [-0.05, 0) is 72.9 Å². The van der Waals surface area contributed by atoms with Gasteiger partial charge in [0.1, 0.15) is 0 Å². The molecule has 1 heterocycles. The highest BCUT2D eigenvalue weighted by Gasteiger charge is 2.44. The Labute approximate surface area is 227 Å². The van der Waals surface area contributed by atoms with Crippen LogP contribution in [0.2, 0.25) is 0 Å². The summed E-state index contributed by atoms with van der Waals surface area (Å²) < 4.78 is 63.2. The molecule has 10 heteroatoms. The van der Waals surface area contributed by atoms with E-state index in [4.69, 9.17) is 0 Å². The lowest BCUT2D eigenvalue weighted by atomic mass is 9.81. The van der Waals surface area contributed by atoms with Crippen LogP contribution in [0.15, 0.2) is 47.4 Å². The highest BCUT2D eigenvalue weighted by atomic mass is 32.2. The number of carbonyl (C=O) groups is 2. The molecule has 0 bridgehead atoms. The molecule has 1 N–H and O–H groups in total. The highest BCUT2D eigenvalue weighted by Crippen LogP contribution is 2.43. The average molecular weight is 565 g/mol. The van der Waals surface area contributed by atoms with Gasteiger partial charge in [0.25, 0.3) is 11.8 Å². The summed E-state index contributed by atoms with van der Waals surface area (Å²) in [7, 11) is -3.30. The minimum atomic E-state index is -4.17. The van der Waals surface area contributed by atoms with Gasteiger partial charge in [-0.3, -0.25) is 9.59 Å². The van der Waals surface area contributed by atoms with E-state index >= 15 is 0 Å². The summed E-state index contributed by atoms with van der Waals surface area (Å²) in [4.78, 5) is 28.4. The Hall–Kier alpha value is -2.88. The highest BCUT2D eigenvalue weighted by molar-refractivity contribution is 7.91. The van der Waals surface area contributed by atoms with Crippen LogP contribution in [0.1, 0.15) is 84.3 Å². The van der Waals surface area contributed by atoms with Crippen molar-refractivity contribution in [1.29, 1.82) is 0 Å². The molecule has 0 spiro atoms. The van der Waals surface area contributed by atoms with E-state index in [0.717, 1.165) is 11.1 Å². The smallest absolute Gasteiger partial charge is 0.348 e. The molecule has 0 unspecified atom stereocenters. The third kappa shape index (κ3) is 6.31. The Kier molecular flexibility index (Phi) is 8.44. The number of fused-ring (bicyclic) bond motifs is 1. The second-order valence-corrected chi connectivity index (χ2v) is 13.2. The van der Waals surface area contributed by atoms with Crippen molar-refractivity contribution in [3.8, 4) is 0 Å². The number of hydrogen-bond acceptors (Lipinski definition) is 4. The van der Waals surface area contributed by atoms with Gasteiger partial charge in [0.15, 0.2) is 9.84 Å². The van der Waals surface area contributed by atoms with Gasteiger partial charge in [-0.15, -0.1) is 0 Å². The van der Waals surface area contributed by atoms with Crippen molar-refractivity contribution in [2.45, 2.75) is 70.1 Å². The summed E-state index contributed by atoms with van der Waals surface area (Å²) in [5, 5.41) is 2.82. The van der Waals surface area contributed by atoms with Gasteiger partial charge in [-0.25, -0.2) is 8.42 Å². The standard InChI is InChI=1S/C29H35F3N2O4S/c1-4-39(37,38)23-12-7-19(8-13-23)16-33-27(35)21-9-14-24-25(15-21)28(36)34(26(24)18(2)3)17-20-5-10-22(11-6-20)29(30,31)32/h7-9,12-15,18,20,22,26H,4-6,10-11,16-17H2,1-3H3,(H,33,35)/t20-,22-,26-/m0/s1. The number of halogens is 3. The molecular formula is C29H35F3N2O4S. The molecule has 0 saturated heterocycles. The number of sulfone groups is 1. The molecule has 1 atom stereocenters. The summed E-state index contributed by atoms with van der Waals surface area (Å²) in [6.07, 6.45) is -3.10. The number of alkyl halides is 3. The maximum absolute atomic E-state index is 13.5. The summed E-state index contributed by atoms with van der Waals surface area (Å²) in [6.45, 7) is 6.20. The van der Waals surface area contributed by atoms with Gasteiger partial charge in [0.2, 0.25) is 0 Å². The van der Waals surface area contributed by atoms with Gasteiger partial charge >= 0.3 is 6.18 Å². The van der Waals surface area contributed by atoms with Crippen LogP contribution in [0.3, 0.4) is 0 Å². The molecule has 2 aromatic rings. The summed E-state index contributed by atoms with van der Waals surface area (Å²) >= 11 is 0. The van der Waals surface area contributed by atoms with Crippen LogP contribution in [0.5, 0.6) is 0 Å². The quantitative estimate of drug-likeness (QED) is 0.431. The maximum atomic E-state index is 13.5. The first-order valence-corrected chi connectivity index (χ1v) is 15.1. The molecular weight excluding hydrogens is 529 g/mol. The summed E-state index contributed by atoms with van der Waals surface area (Å²) in [5.41, 5.74) is 2.37. The third-order valence-electron chi connectivity index (χ3n) is 7.97. The molecule has 1 aliphatic carbocycles. The lowest BCUT2D eigenvalue weighted by Crippen LogP contribution is -2.37. The minimum Gasteiger partial charge on any atom is -0.348 e. The molecule has 1 aliphatic heterocycles. The van der Waals surface area contributed by atoms with Crippen molar-refractivity contribution in [3.63, 3.8) is 0 Å². The van der Waals surface area contributed by atoms with Crippen LogP contribution in [0, 0.1) is 17.8 Å². The molecule has 0 radical (unpaired) electrons. The predicted molar refractivity (Wildman–Crippen MR) is 142 cm³/mol. The van der Waals surface area contributed by atoms with Gasteiger partial charge in [-0.2, -0.15) is 13.2 Å². The minimum absolute atomic E-state index is 0.00834. The van der Waals surface area contributed by atoms with Crippen molar-refractivity contribution in [2.75, 3.05) is 12.3 Å². The molecule has 0 aromatic heterocycles. The first-order chi connectivity index (χ1) is 18.3. The van der Waals surface area contributed by atoms with Gasteiger partial charge < -0.3 is 10.2 Å². The van der Waals surface area contributed by atoms with Crippen LogP contribution in [0.25, 0.3) is 0 Å².